The fraction of sp³-hybridized carbons (Fsp3) is 0.605. The van der Waals surface area contributed by atoms with Crippen molar-refractivity contribution in [2.45, 2.75) is 104 Å². The van der Waals surface area contributed by atoms with Gasteiger partial charge in [-0.15, -0.1) is 0 Å². The highest BCUT2D eigenvalue weighted by Gasteiger charge is 2.50. The van der Waals surface area contributed by atoms with Crippen LogP contribution in [0.4, 0.5) is 24.8 Å². The summed E-state index contributed by atoms with van der Waals surface area (Å²) < 4.78 is 48.1. The van der Waals surface area contributed by atoms with Gasteiger partial charge < -0.3 is 15.1 Å². The van der Waals surface area contributed by atoms with E-state index in [2.05, 4.69) is 51.6 Å². The normalized spacial score (nSPS) is 26.6. The highest BCUT2D eigenvalue weighted by atomic mass is 19.3. The lowest BCUT2D eigenvalue weighted by atomic mass is 9.82. The Kier molecular flexibility index (Phi) is 10.4. The summed E-state index contributed by atoms with van der Waals surface area (Å²) in [6.45, 7) is 17.5. The summed E-state index contributed by atoms with van der Waals surface area (Å²) >= 11 is 0. The number of nitrogens with one attached hydrogen (secondary N) is 1. The molecule has 4 aliphatic heterocycles. The zero-order valence-corrected chi connectivity index (χ0v) is 28.8. The van der Waals surface area contributed by atoms with Crippen LogP contribution >= 0.6 is 0 Å². The molecule has 0 unspecified atom stereocenters. The third kappa shape index (κ3) is 7.09. The SMILES string of the molecule is C=C1C(C2(C#N)CC2)=Cc2c3ncnc2N1CCCCCCC(C)(C)CN1CCC(CC1)C(F)(F)c1cccc(c1F)[C@@H](C)N3.CC. The molecule has 1 aromatic carbocycles. The van der Waals surface area contributed by atoms with Crippen molar-refractivity contribution in [2.24, 2.45) is 16.7 Å². The minimum Gasteiger partial charge on any atom is -0.363 e. The van der Waals surface area contributed by atoms with Gasteiger partial charge in [0, 0.05) is 30.3 Å². The first-order chi connectivity index (χ1) is 22.5. The van der Waals surface area contributed by atoms with Gasteiger partial charge in [-0.2, -0.15) is 5.26 Å². The minimum absolute atomic E-state index is 0.0823. The Balaban J connectivity index is 0.00000213. The van der Waals surface area contributed by atoms with Crippen LogP contribution in [0, 0.1) is 33.9 Å². The lowest BCUT2D eigenvalue weighted by Gasteiger charge is -2.39. The van der Waals surface area contributed by atoms with Gasteiger partial charge in [-0.3, -0.25) is 0 Å². The van der Waals surface area contributed by atoms with E-state index >= 15 is 13.2 Å². The second kappa shape index (κ2) is 14.0. The van der Waals surface area contributed by atoms with E-state index in [-0.39, 0.29) is 11.0 Å². The molecule has 5 heterocycles. The Labute approximate surface area is 279 Å². The van der Waals surface area contributed by atoms with Crippen LogP contribution < -0.4 is 10.2 Å². The summed E-state index contributed by atoms with van der Waals surface area (Å²) in [5.74, 6) is -3.89. The summed E-state index contributed by atoms with van der Waals surface area (Å²) in [7, 11) is 0. The lowest BCUT2D eigenvalue weighted by molar-refractivity contribution is -0.0898. The first-order valence-electron chi connectivity index (χ1n) is 17.6. The molecule has 6 nitrogen and oxygen atoms in total. The van der Waals surface area contributed by atoms with Crippen molar-refractivity contribution in [3.05, 3.63) is 64.9 Å². The van der Waals surface area contributed by atoms with E-state index in [4.69, 9.17) is 0 Å². The van der Waals surface area contributed by atoms with E-state index < -0.39 is 34.7 Å². The van der Waals surface area contributed by atoms with E-state index in [1.807, 2.05) is 19.9 Å². The topological polar surface area (TPSA) is 68.1 Å². The monoisotopic (exact) mass is 648 g/mol. The first kappa shape index (κ1) is 34.9. The average molecular weight is 649 g/mol. The highest BCUT2D eigenvalue weighted by Crippen LogP contribution is 2.56. The first-order valence-corrected chi connectivity index (χ1v) is 17.6. The molecule has 1 aromatic heterocycles. The summed E-state index contributed by atoms with van der Waals surface area (Å²) in [6, 6.07) is 6.18. The number of piperidine rings is 1. The van der Waals surface area contributed by atoms with E-state index in [9.17, 15) is 5.26 Å². The van der Waals surface area contributed by atoms with Gasteiger partial charge in [-0.05, 0) is 75.6 Å². The summed E-state index contributed by atoms with van der Waals surface area (Å²) in [5.41, 5.74) is 1.51. The molecule has 0 radical (unpaired) electrons. The van der Waals surface area contributed by atoms with E-state index in [0.29, 0.717) is 49.7 Å². The Morgan fingerprint density at radius 3 is 2.38 bits per heavy atom. The van der Waals surface area contributed by atoms with Gasteiger partial charge in [0.15, 0.2) is 0 Å². The van der Waals surface area contributed by atoms with Gasteiger partial charge in [-0.25, -0.2) is 23.1 Å². The van der Waals surface area contributed by atoms with Crippen LogP contribution in [-0.2, 0) is 5.92 Å². The largest absolute Gasteiger partial charge is 0.363 e. The molecule has 2 fully saturated rings. The van der Waals surface area contributed by atoms with E-state index in [1.54, 1.807) is 13.0 Å². The number of halogens is 3. The van der Waals surface area contributed by atoms with Crippen molar-refractivity contribution in [1.82, 2.24) is 14.9 Å². The average Bonchev–Trinajstić information content (AvgIpc) is 3.85. The Hall–Kier alpha value is -3.38. The molecule has 7 rings (SSSR count). The maximum atomic E-state index is 16.1. The zero-order chi connectivity index (χ0) is 34.0. The summed E-state index contributed by atoms with van der Waals surface area (Å²) in [4.78, 5) is 13.6. The molecule has 1 aliphatic carbocycles. The molecule has 1 atom stereocenters. The fourth-order valence-corrected chi connectivity index (χ4v) is 7.58. The van der Waals surface area contributed by atoms with Crippen LogP contribution in [0.25, 0.3) is 6.08 Å². The molecule has 254 valence electrons. The van der Waals surface area contributed by atoms with Gasteiger partial charge in [0.2, 0.25) is 0 Å². The predicted octanol–water partition coefficient (Wildman–Crippen LogP) is 9.63. The Morgan fingerprint density at radius 1 is 1.00 bits per heavy atom. The van der Waals surface area contributed by atoms with Gasteiger partial charge in [-0.1, -0.05) is 71.7 Å². The molecule has 5 aliphatic rings. The van der Waals surface area contributed by atoms with Crippen molar-refractivity contribution in [3.8, 4) is 6.07 Å². The standard InChI is InChI=1S/C36H45F3N6.C2H6/c1-24-27-10-9-11-29(31(27)37)36(38,39)26-12-18-44(19-13-26)22-34(3,4)14-7-5-6-8-17-45-25(2)30(35(21-40)15-16-35)20-28-32(43-24)41-23-42-33(28)45;1-2/h9-11,20,23-24,26H,2,5-8,12-19,22H2,1,3-4H3,(H,41,42,43);1-2H3/t24-;/m1./s1. The highest BCUT2D eigenvalue weighted by molar-refractivity contribution is 5.84. The minimum atomic E-state index is -3.28. The lowest BCUT2D eigenvalue weighted by Crippen LogP contribution is -2.43. The molecular formula is C38H51F3N6. The quantitative estimate of drug-likeness (QED) is 0.332. The third-order valence-corrected chi connectivity index (χ3v) is 10.5. The molecule has 8 bridgehead atoms. The second-order valence-electron chi connectivity index (χ2n) is 14.4. The number of aromatic nitrogens is 2. The van der Waals surface area contributed by atoms with Crippen LogP contribution in [0.15, 0.2) is 42.4 Å². The Morgan fingerprint density at radius 2 is 1.70 bits per heavy atom. The molecule has 1 N–H and O–H groups in total. The van der Waals surface area contributed by atoms with Crippen molar-refractivity contribution >= 4 is 17.7 Å². The molecule has 9 heteroatoms. The van der Waals surface area contributed by atoms with Gasteiger partial charge >= 0.3 is 0 Å². The number of benzene rings is 1. The zero-order valence-electron chi connectivity index (χ0n) is 28.8. The van der Waals surface area contributed by atoms with Gasteiger partial charge in [0.25, 0.3) is 5.92 Å². The molecule has 47 heavy (non-hydrogen) atoms. The number of anilines is 2. The number of alkyl halides is 2. The molecule has 2 aromatic rings. The number of nitrogens with zero attached hydrogens (tertiary/aromatic N) is 5. The van der Waals surface area contributed by atoms with E-state index in [0.717, 1.165) is 62.8 Å². The van der Waals surface area contributed by atoms with Crippen LogP contribution in [0.5, 0.6) is 0 Å². The number of rotatable bonds is 1. The van der Waals surface area contributed by atoms with Crippen molar-refractivity contribution in [2.75, 3.05) is 36.4 Å². The number of allylic oxidation sites excluding steroid dienone is 1. The molecule has 0 spiro atoms. The third-order valence-electron chi connectivity index (χ3n) is 10.5. The molecule has 0 amide bonds. The van der Waals surface area contributed by atoms with Crippen LogP contribution in [0.2, 0.25) is 0 Å². The Bertz CT molecular complexity index is 1510. The predicted molar refractivity (Wildman–Crippen MR) is 183 cm³/mol. The molecule has 1 saturated carbocycles. The number of fused-ring (bicyclic) bond motifs is 10. The van der Waals surface area contributed by atoms with Crippen molar-refractivity contribution in [1.29, 1.82) is 5.26 Å². The van der Waals surface area contributed by atoms with Crippen molar-refractivity contribution < 1.29 is 13.2 Å². The number of hydrogen-bond acceptors (Lipinski definition) is 6. The molecule has 1 saturated heterocycles. The van der Waals surface area contributed by atoms with Gasteiger partial charge in [0.05, 0.1) is 28.7 Å². The number of hydrogen-bond donors (Lipinski definition) is 1. The van der Waals surface area contributed by atoms with Crippen molar-refractivity contribution in [3.63, 3.8) is 0 Å². The molecular weight excluding hydrogens is 597 g/mol. The van der Waals surface area contributed by atoms with E-state index in [1.165, 1.54) is 18.5 Å². The number of nitriles is 1. The summed E-state index contributed by atoms with van der Waals surface area (Å²) in [5, 5.41) is 13.4. The smallest absolute Gasteiger partial charge is 0.278 e. The van der Waals surface area contributed by atoms with Crippen LogP contribution in [0.3, 0.4) is 0 Å². The fourth-order valence-electron chi connectivity index (χ4n) is 7.58. The van der Waals surface area contributed by atoms with Crippen LogP contribution in [0.1, 0.15) is 115 Å². The van der Waals surface area contributed by atoms with Gasteiger partial charge in [0.1, 0.15) is 23.8 Å². The second-order valence-corrected chi connectivity index (χ2v) is 14.4. The maximum absolute atomic E-state index is 16.1. The van der Waals surface area contributed by atoms with Crippen LogP contribution in [-0.4, -0.2) is 41.0 Å². The summed E-state index contributed by atoms with van der Waals surface area (Å²) in [6.07, 6.45) is 10.9. The maximum Gasteiger partial charge on any atom is 0.278 e.